The van der Waals surface area contributed by atoms with Gasteiger partial charge in [0.25, 0.3) is 5.91 Å². The summed E-state index contributed by atoms with van der Waals surface area (Å²) < 4.78 is 19.8. The molecule has 0 N–H and O–H groups in total. The van der Waals surface area contributed by atoms with E-state index in [0.717, 1.165) is 22.9 Å². The molecule has 176 valence electrons. The first kappa shape index (κ1) is 23.8. The fraction of sp³-hybridized carbons (Fsp3) is 0.280. The third kappa shape index (κ3) is 5.41. The van der Waals surface area contributed by atoms with Crippen LogP contribution in [-0.4, -0.2) is 51.4 Å². The van der Waals surface area contributed by atoms with E-state index in [0.29, 0.717) is 30.2 Å². The highest BCUT2D eigenvalue weighted by Crippen LogP contribution is 2.31. The van der Waals surface area contributed by atoms with Gasteiger partial charge in [-0.25, -0.2) is 4.39 Å². The van der Waals surface area contributed by atoms with Crippen LogP contribution in [0.1, 0.15) is 41.6 Å². The average Bonchev–Trinajstić information content (AvgIpc) is 3.34. The van der Waals surface area contributed by atoms with E-state index in [1.807, 2.05) is 24.3 Å². The van der Waals surface area contributed by atoms with E-state index >= 15 is 0 Å². The van der Waals surface area contributed by atoms with Crippen molar-refractivity contribution in [1.82, 2.24) is 19.9 Å². The Morgan fingerprint density at radius 1 is 1.18 bits per heavy atom. The normalized spacial score (nSPS) is 15.7. The highest BCUT2D eigenvalue weighted by Gasteiger charge is 2.33. The van der Waals surface area contributed by atoms with Gasteiger partial charge in [-0.2, -0.15) is 4.98 Å². The van der Waals surface area contributed by atoms with Crippen molar-refractivity contribution in [2.75, 3.05) is 19.6 Å². The molecule has 1 aliphatic heterocycles. The van der Waals surface area contributed by atoms with Crippen molar-refractivity contribution in [3.63, 3.8) is 0 Å². The van der Waals surface area contributed by atoms with Gasteiger partial charge in [0.1, 0.15) is 18.4 Å². The number of nitrogens with zero attached hydrogens (tertiary/aromatic N) is 4. The minimum atomic E-state index is -0.430. The fourth-order valence-electron chi connectivity index (χ4n) is 3.98. The van der Waals surface area contributed by atoms with Crippen LogP contribution in [0.4, 0.5) is 4.39 Å². The third-order valence-corrected chi connectivity index (χ3v) is 6.24. The van der Waals surface area contributed by atoms with E-state index in [2.05, 4.69) is 32.6 Å². The Kier molecular flexibility index (Phi) is 7.52. The lowest BCUT2D eigenvalue weighted by atomic mass is 10.0. The number of benzene rings is 2. The minimum absolute atomic E-state index is 0.133. The van der Waals surface area contributed by atoms with Crippen molar-refractivity contribution in [1.29, 1.82) is 0 Å². The van der Waals surface area contributed by atoms with Gasteiger partial charge in [-0.3, -0.25) is 9.59 Å². The van der Waals surface area contributed by atoms with Crippen LogP contribution in [-0.2, 0) is 4.79 Å². The second-order valence-corrected chi connectivity index (χ2v) is 8.96. The van der Waals surface area contributed by atoms with Crippen LogP contribution in [0.2, 0.25) is 0 Å². The molecule has 1 atom stereocenters. The molecule has 34 heavy (non-hydrogen) atoms. The quantitative estimate of drug-likeness (QED) is 0.404. The van der Waals surface area contributed by atoms with Gasteiger partial charge in [0.05, 0.1) is 0 Å². The predicted molar refractivity (Wildman–Crippen MR) is 128 cm³/mol. The van der Waals surface area contributed by atoms with E-state index in [9.17, 15) is 14.0 Å². The van der Waals surface area contributed by atoms with Gasteiger partial charge in [0.2, 0.25) is 17.6 Å². The molecular weight excluding hydrogens is 503 g/mol. The van der Waals surface area contributed by atoms with E-state index in [1.54, 1.807) is 11.0 Å². The Morgan fingerprint density at radius 2 is 1.91 bits per heavy atom. The zero-order chi connectivity index (χ0) is 24.1. The summed E-state index contributed by atoms with van der Waals surface area (Å²) in [4.78, 5) is 33.9. The zero-order valence-electron chi connectivity index (χ0n) is 18.5. The maximum absolute atomic E-state index is 13.3. The van der Waals surface area contributed by atoms with Crippen LogP contribution in [0.25, 0.3) is 11.4 Å². The van der Waals surface area contributed by atoms with Gasteiger partial charge in [0.15, 0.2) is 0 Å². The van der Waals surface area contributed by atoms with Gasteiger partial charge in [-0.15, -0.1) is 6.58 Å². The lowest BCUT2D eigenvalue weighted by Gasteiger charge is -2.35. The molecule has 3 aromatic rings. The summed E-state index contributed by atoms with van der Waals surface area (Å²) in [7, 11) is 0. The number of piperidine rings is 1. The number of carbonyl (C=O) groups excluding carboxylic acids is 2. The zero-order valence-corrected chi connectivity index (χ0v) is 20.1. The maximum atomic E-state index is 13.3. The summed E-state index contributed by atoms with van der Waals surface area (Å²) in [5, 5.41) is 4.10. The molecule has 7 nitrogen and oxygen atoms in total. The standard InChI is InChI=1S/C25H24BrFN4O3/c1-2-14-30(25(33)18-8-12-20(27)13-9-18)16-22(32)31-15-4-3-5-21(31)24-28-23(29-34-24)17-6-10-19(26)11-7-17/h2,6-13,21H,1,3-5,14-16H2. The van der Waals surface area contributed by atoms with Crippen molar-refractivity contribution >= 4 is 27.7 Å². The van der Waals surface area contributed by atoms with Crippen LogP contribution < -0.4 is 0 Å². The van der Waals surface area contributed by atoms with E-state index in [-0.39, 0.29) is 30.9 Å². The third-order valence-electron chi connectivity index (χ3n) is 5.71. The summed E-state index contributed by atoms with van der Waals surface area (Å²) in [5.41, 5.74) is 1.12. The summed E-state index contributed by atoms with van der Waals surface area (Å²) in [6, 6.07) is 12.5. The molecule has 2 amide bonds. The second kappa shape index (κ2) is 10.7. The molecule has 1 aromatic heterocycles. The van der Waals surface area contributed by atoms with Crippen LogP contribution in [0.5, 0.6) is 0 Å². The molecule has 0 radical (unpaired) electrons. The van der Waals surface area contributed by atoms with Gasteiger partial charge < -0.3 is 14.3 Å². The Hall–Kier alpha value is -3.33. The van der Waals surface area contributed by atoms with Gasteiger partial charge in [0, 0.05) is 28.7 Å². The molecule has 1 aliphatic rings. The number of rotatable bonds is 7. The molecule has 4 rings (SSSR count). The van der Waals surface area contributed by atoms with Crippen molar-refractivity contribution in [2.45, 2.75) is 25.3 Å². The molecule has 1 saturated heterocycles. The monoisotopic (exact) mass is 526 g/mol. The first-order chi connectivity index (χ1) is 16.5. The Bertz CT molecular complexity index is 1160. The van der Waals surface area contributed by atoms with E-state index < -0.39 is 5.82 Å². The highest BCUT2D eigenvalue weighted by molar-refractivity contribution is 9.10. The topological polar surface area (TPSA) is 79.5 Å². The number of carbonyl (C=O) groups is 2. The minimum Gasteiger partial charge on any atom is -0.337 e. The Balaban J connectivity index is 1.51. The average molecular weight is 527 g/mol. The maximum Gasteiger partial charge on any atom is 0.254 e. The molecule has 0 aliphatic carbocycles. The second-order valence-electron chi connectivity index (χ2n) is 8.04. The predicted octanol–water partition coefficient (Wildman–Crippen LogP) is 5.02. The molecule has 2 heterocycles. The fourth-order valence-corrected chi connectivity index (χ4v) is 4.24. The first-order valence-corrected chi connectivity index (χ1v) is 11.8. The smallest absolute Gasteiger partial charge is 0.254 e. The molecule has 0 spiro atoms. The Morgan fingerprint density at radius 3 is 2.62 bits per heavy atom. The molecule has 2 aromatic carbocycles. The van der Waals surface area contributed by atoms with Crippen molar-refractivity contribution in [3.8, 4) is 11.4 Å². The number of likely N-dealkylation sites (tertiary alicyclic amines) is 1. The van der Waals surface area contributed by atoms with E-state index in [4.69, 9.17) is 4.52 Å². The molecule has 1 fully saturated rings. The van der Waals surface area contributed by atoms with E-state index in [1.165, 1.54) is 29.2 Å². The van der Waals surface area contributed by atoms with Gasteiger partial charge in [-0.1, -0.05) is 27.2 Å². The SMILES string of the molecule is C=CCN(CC(=O)N1CCCCC1c1nc(-c2ccc(Br)cc2)no1)C(=O)c1ccc(F)cc1. The number of hydrogen-bond acceptors (Lipinski definition) is 5. The first-order valence-electron chi connectivity index (χ1n) is 11.0. The van der Waals surface area contributed by atoms with Crippen molar-refractivity contribution in [2.24, 2.45) is 0 Å². The van der Waals surface area contributed by atoms with Crippen LogP contribution in [0, 0.1) is 5.82 Å². The number of aromatic nitrogens is 2. The molecule has 0 bridgehead atoms. The van der Waals surface area contributed by atoms with Gasteiger partial charge >= 0.3 is 0 Å². The lowest BCUT2D eigenvalue weighted by molar-refractivity contribution is -0.136. The molecule has 9 heteroatoms. The summed E-state index contributed by atoms with van der Waals surface area (Å²) in [6.45, 7) is 4.29. The van der Waals surface area contributed by atoms with Crippen molar-refractivity contribution < 1.29 is 18.5 Å². The Labute approximate surface area is 205 Å². The number of amides is 2. The summed E-state index contributed by atoms with van der Waals surface area (Å²) in [6.07, 6.45) is 4.03. The van der Waals surface area contributed by atoms with Crippen LogP contribution in [0.3, 0.4) is 0 Å². The molecule has 1 unspecified atom stereocenters. The summed E-state index contributed by atoms with van der Waals surface area (Å²) in [5.74, 6) is -0.171. The molecular formula is C25H24BrFN4O3. The number of hydrogen-bond donors (Lipinski definition) is 0. The largest absolute Gasteiger partial charge is 0.337 e. The lowest BCUT2D eigenvalue weighted by Crippen LogP contribution is -2.46. The van der Waals surface area contributed by atoms with Crippen LogP contribution in [0.15, 0.2) is 70.2 Å². The van der Waals surface area contributed by atoms with Crippen molar-refractivity contribution in [3.05, 3.63) is 82.9 Å². The summed E-state index contributed by atoms with van der Waals surface area (Å²) >= 11 is 3.41. The van der Waals surface area contributed by atoms with Crippen LogP contribution >= 0.6 is 15.9 Å². The van der Waals surface area contributed by atoms with Gasteiger partial charge in [-0.05, 0) is 67.8 Å². The highest BCUT2D eigenvalue weighted by atomic mass is 79.9. The number of halogens is 2. The molecule has 0 saturated carbocycles.